The van der Waals surface area contributed by atoms with E-state index in [2.05, 4.69) is 106 Å². The highest BCUT2D eigenvalue weighted by atomic mass is 31.2. The number of aliphatic hydroxyl groups excluding tert-OH is 2. The van der Waals surface area contributed by atoms with Crippen LogP contribution >= 0.6 is 15.6 Å². The summed E-state index contributed by atoms with van der Waals surface area (Å²) in [5, 5.41) is 20.5. The molecule has 4 N–H and O–H groups in total. The number of rotatable bonds is 60. The maximum atomic E-state index is 12.9. The van der Waals surface area contributed by atoms with Gasteiger partial charge in [-0.05, 0) is 89.9 Å². The maximum Gasteiger partial charge on any atom is 0.472 e. The summed E-state index contributed by atoms with van der Waals surface area (Å²) >= 11 is 0. The van der Waals surface area contributed by atoms with Crippen molar-refractivity contribution in [2.45, 2.75) is 270 Å². The number of hydrogen-bond donors (Lipinski definition) is 4. The number of aliphatic hydroxyl groups is 2. The Bertz CT molecular complexity index is 1860. The number of allylic oxidation sites excluding steroid dienone is 14. The fourth-order valence-corrected chi connectivity index (χ4v) is 9.87. The fourth-order valence-electron chi connectivity index (χ4n) is 8.28. The molecule has 0 amide bonds. The standard InChI is InChI=1S/C65H114O16P2/c1-4-7-10-13-16-19-22-25-27-29-31-34-36-39-42-45-48-51-63(68)75-54-60(66)55-77-82(71,72)78-56-61(67)57-79-83(73,74)80-59-62(81-65(70)53-50-47-44-41-38-33-24-21-18-15-12-9-6-3)58-76-64(69)52-49-46-43-40-37-35-32-30-28-26-23-20-17-14-11-8-5-2/h7-8,10-11,16-17,19-20,25-28,31,34,60-62,66-67H,4-6,9,12-15,18,21-24,29-30,32-33,35-59H2,1-3H3,(H,71,72)(H,73,74)/b10-7-,11-8-,19-16-,20-17-,27-25-,28-26-,34-31-. The van der Waals surface area contributed by atoms with E-state index in [0.717, 1.165) is 141 Å². The monoisotopic (exact) mass is 1210 g/mol. The Kier molecular flexibility index (Phi) is 56.8. The van der Waals surface area contributed by atoms with E-state index < -0.39 is 91.5 Å². The van der Waals surface area contributed by atoms with E-state index in [1.807, 2.05) is 0 Å². The molecule has 0 aliphatic heterocycles. The van der Waals surface area contributed by atoms with Crippen molar-refractivity contribution in [3.63, 3.8) is 0 Å². The number of carbonyl (C=O) groups excluding carboxylic acids is 3. The molecule has 18 heteroatoms. The Balaban J connectivity index is 4.69. The molecule has 5 unspecified atom stereocenters. The molecule has 0 aliphatic rings. The van der Waals surface area contributed by atoms with Gasteiger partial charge in [-0.3, -0.25) is 32.5 Å². The van der Waals surface area contributed by atoms with Gasteiger partial charge in [-0.2, -0.15) is 0 Å². The fraction of sp³-hybridized carbons (Fsp3) is 0.738. The summed E-state index contributed by atoms with van der Waals surface area (Å²) in [6.07, 6.45) is 60.7. The van der Waals surface area contributed by atoms with Crippen LogP contribution in [0.3, 0.4) is 0 Å². The number of hydrogen-bond acceptors (Lipinski definition) is 14. The molecule has 0 aliphatic carbocycles. The number of esters is 3. The first kappa shape index (κ1) is 79.7. The molecular formula is C65H114O16P2. The van der Waals surface area contributed by atoms with E-state index in [4.69, 9.17) is 32.3 Å². The van der Waals surface area contributed by atoms with Crippen molar-refractivity contribution in [1.82, 2.24) is 0 Å². The zero-order valence-corrected chi connectivity index (χ0v) is 53.4. The van der Waals surface area contributed by atoms with E-state index in [0.29, 0.717) is 19.3 Å². The molecule has 0 bridgehead atoms. The van der Waals surface area contributed by atoms with Crippen LogP contribution in [-0.2, 0) is 55.8 Å². The Morgan fingerprint density at radius 2 is 0.639 bits per heavy atom. The first-order valence-corrected chi connectivity index (χ1v) is 34.9. The molecule has 0 aromatic carbocycles. The van der Waals surface area contributed by atoms with Crippen LogP contribution in [0.25, 0.3) is 0 Å². The molecule has 0 saturated carbocycles. The van der Waals surface area contributed by atoms with Gasteiger partial charge >= 0.3 is 33.6 Å². The third-order valence-corrected chi connectivity index (χ3v) is 15.0. The van der Waals surface area contributed by atoms with Crippen molar-refractivity contribution in [2.24, 2.45) is 0 Å². The predicted molar refractivity (Wildman–Crippen MR) is 334 cm³/mol. The van der Waals surface area contributed by atoms with E-state index in [1.165, 1.54) is 51.4 Å². The Morgan fingerprint density at radius 3 is 1.01 bits per heavy atom. The molecular weight excluding hydrogens is 1100 g/mol. The van der Waals surface area contributed by atoms with Crippen LogP contribution in [0.4, 0.5) is 0 Å². The van der Waals surface area contributed by atoms with Crippen molar-refractivity contribution in [3.05, 3.63) is 85.1 Å². The number of phosphoric acid groups is 2. The third kappa shape index (κ3) is 60.2. The zero-order valence-electron chi connectivity index (χ0n) is 51.6. The molecule has 0 radical (unpaired) electrons. The molecule has 0 saturated heterocycles. The second-order valence-electron chi connectivity index (χ2n) is 21.2. The van der Waals surface area contributed by atoms with Crippen molar-refractivity contribution in [3.8, 4) is 0 Å². The Hall–Kier alpha value is -3.27. The summed E-state index contributed by atoms with van der Waals surface area (Å²) in [4.78, 5) is 58.2. The average Bonchev–Trinajstić information content (AvgIpc) is 3.46. The van der Waals surface area contributed by atoms with Gasteiger partial charge in [0.1, 0.15) is 25.4 Å². The molecule has 0 spiro atoms. The number of carbonyl (C=O) groups is 3. The van der Waals surface area contributed by atoms with Gasteiger partial charge in [0, 0.05) is 19.3 Å². The summed E-state index contributed by atoms with van der Waals surface area (Å²) < 4.78 is 60.7. The molecule has 83 heavy (non-hydrogen) atoms. The topological polar surface area (TPSA) is 231 Å². The van der Waals surface area contributed by atoms with Gasteiger partial charge < -0.3 is 34.2 Å². The molecule has 0 aromatic rings. The minimum atomic E-state index is -4.92. The van der Waals surface area contributed by atoms with Crippen molar-refractivity contribution in [1.29, 1.82) is 0 Å². The van der Waals surface area contributed by atoms with Gasteiger partial charge in [0.15, 0.2) is 6.10 Å². The lowest BCUT2D eigenvalue weighted by Crippen LogP contribution is -2.30. The van der Waals surface area contributed by atoms with Crippen molar-refractivity contribution < 1.29 is 75.8 Å². The van der Waals surface area contributed by atoms with E-state index in [9.17, 15) is 43.5 Å². The molecule has 0 aromatic heterocycles. The first-order valence-electron chi connectivity index (χ1n) is 31.9. The van der Waals surface area contributed by atoms with Crippen LogP contribution < -0.4 is 0 Å². The molecule has 5 atom stereocenters. The zero-order chi connectivity index (χ0) is 61.0. The summed E-state index contributed by atoms with van der Waals surface area (Å²) in [5.41, 5.74) is 0. The number of unbranched alkanes of at least 4 members (excludes halogenated alkanes) is 23. The van der Waals surface area contributed by atoms with Crippen LogP contribution in [0.15, 0.2) is 85.1 Å². The van der Waals surface area contributed by atoms with Gasteiger partial charge in [0.2, 0.25) is 0 Å². The van der Waals surface area contributed by atoms with Gasteiger partial charge in [-0.25, -0.2) is 9.13 Å². The maximum absolute atomic E-state index is 12.9. The Morgan fingerprint density at radius 1 is 0.349 bits per heavy atom. The predicted octanol–water partition coefficient (Wildman–Crippen LogP) is 17.0. The smallest absolute Gasteiger partial charge is 0.463 e. The Labute approximate surface area is 502 Å². The number of ether oxygens (including phenoxy) is 3. The average molecular weight is 1210 g/mol. The SMILES string of the molecule is CC/C=C\C/C=C\C/C=C\C/C=C\CCCCCCC(=O)OCC(O)COP(=O)(O)OCC(O)COP(=O)(O)OCC(COC(=O)CCCCCCCCC/C=C\C/C=C\C/C=C\CC)OC(=O)CCCCCCCCCCCCCCC. The van der Waals surface area contributed by atoms with E-state index >= 15 is 0 Å². The lowest BCUT2D eigenvalue weighted by molar-refractivity contribution is -0.161. The largest absolute Gasteiger partial charge is 0.472 e. The molecule has 480 valence electrons. The summed E-state index contributed by atoms with van der Waals surface area (Å²) in [6, 6.07) is 0. The van der Waals surface area contributed by atoms with Crippen LogP contribution in [0.2, 0.25) is 0 Å². The lowest BCUT2D eigenvalue weighted by atomic mass is 10.0. The lowest BCUT2D eigenvalue weighted by Gasteiger charge is -2.21. The minimum absolute atomic E-state index is 0.105. The summed E-state index contributed by atoms with van der Waals surface area (Å²) in [5.74, 6) is -1.60. The second-order valence-corrected chi connectivity index (χ2v) is 24.1. The highest BCUT2D eigenvalue weighted by Gasteiger charge is 2.29. The van der Waals surface area contributed by atoms with Crippen LogP contribution in [0, 0.1) is 0 Å². The van der Waals surface area contributed by atoms with Crippen LogP contribution in [-0.4, -0.2) is 95.9 Å². The van der Waals surface area contributed by atoms with E-state index in [-0.39, 0.29) is 19.3 Å². The van der Waals surface area contributed by atoms with Gasteiger partial charge in [-0.15, -0.1) is 0 Å². The first-order chi connectivity index (χ1) is 40.2. The van der Waals surface area contributed by atoms with Crippen molar-refractivity contribution in [2.75, 3.05) is 39.6 Å². The minimum Gasteiger partial charge on any atom is -0.463 e. The van der Waals surface area contributed by atoms with Gasteiger partial charge in [-0.1, -0.05) is 228 Å². The third-order valence-electron chi connectivity index (χ3n) is 13.1. The summed E-state index contributed by atoms with van der Waals surface area (Å²) in [7, 11) is -9.77. The van der Waals surface area contributed by atoms with E-state index in [1.54, 1.807) is 0 Å². The molecule has 16 nitrogen and oxygen atoms in total. The molecule has 0 rings (SSSR count). The highest BCUT2D eigenvalue weighted by Crippen LogP contribution is 2.45. The molecule has 0 fully saturated rings. The van der Waals surface area contributed by atoms with Gasteiger partial charge in [0.25, 0.3) is 0 Å². The quantitative estimate of drug-likeness (QED) is 0.0146. The highest BCUT2D eigenvalue weighted by molar-refractivity contribution is 7.47. The van der Waals surface area contributed by atoms with Crippen molar-refractivity contribution >= 4 is 33.6 Å². The second kappa shape index (κ2) is 59.1. The van der Waals surface area contributed by atoms with Gasteiger partial charge in [0.05, 0.1) is 26.4 Å². The summed E-state index contributed by atoms with van der Waals surface area (Å²) in [6.45, 7) is 2.40. The van der Waals surface area contributed by atoms with Crippen LogP contribution in [0.1, 0.15) is 252 Å². The molecule has 0 heterocycles. The number of phosphoric ester groups is 2. The normalized spacial score (nSPS) is 14.9. The van der Waals surface area contributed by atoms with Crippen LogP contribution in [0.5, 0.6) is 0 Å².